The summed E-state index contributed by atoms with van der Waals surface area (Å²) in [7, 11) is -3.78. The molecule has 0 atom stereocenters. The van der Waals surface area contributed by atoms with Gasteiger partial charge in [-0.25, -0.2) is 13.6 Å². The Balaban J connectivity index is 1.34. The quantitative estimate of drug-likeness (QED) is 0.439. The van der Waals surface area contributed by atoms with E-state index in [9.17, 15) is 18.0 Å². The zero-order valence-corrected chi connectivity index (χ0v) is 18.9. The normalized spacial score (nSPS) is 16.6. The number of sulfonamides is 1. The Morgan fingerprint density at radius 2 is 1.74 bits per heavy atom. The summed E-state index contributed by atoms with van der Waals surface area (Å²) in [6.45, 7) is 2.17. The standard InChI is InChI=1S/C24H20N2O7S/c1-14-8-21-22(32-13-31-21)10-17(14)12-26-23(27)11-16(24(26)28)9-18-4-7-20(33-18)15-2-5-19(6-3-15)34(25,29)30/h2-10H,11-13H2,1H3,(H2,25,29,30). The van der Waals surface area contributed by atoms with Crippen LogP contribution in [0, 0.1) is 6.92 Å². The molecule has 3 heterocycles. The molecule has 0 radical (unpaired) electrons. The molecule has 0 unspecified atom stereocenters. The molecule has 2 N–H and O–H groups in total. The highest BCUT2D eigenvalue weighted by Gasteiger charge is 2.34. The van der Waals surface area contributed by atoms with Gasteiger partial charge in [0.05, 0.1) is 17.9 Å². The van der Waals surface area contributed by atoms with Crippen molar-refractivity contribution in [1.82, 2.24) is 4.90 Å². The molecule has 174 valence electrons. The lowest BCUT2D eigenvalue weighted by Gasteiger charge is -2.15. The maximum Gasteiger partial charge on any atom is 0.257 e. The third-order valence-corrected chi connectivity index (χ3v) is 6.66. The summed E-state index contributed by atoms with van der Waals surface area (Å²) >= 11 is 0. The van der Waals surface area contributed by atoms with Gasteiger partial charge in [-0.3, -0.25) is 14.5 Å². The summed E-state index contributed by atoms with van der Waals surface area (Å²) in [5.74, 6) is 1.46. The number of likely N-dealkylation sites (tertiary alicyclic amines) is 1. The van der Waals surface area contributed by atoms with Crippen LogP contribution in [0.1, 0.15) is 23.3 Å². The zero-order valence-electron chi connectivity index (χ0n) is 18.1. The number of fused-ring (bicyclic) bond motifs is 1. The van der Waals surface area contributed by atoms with Gasteiger partial charge >= 0.3 is 0 Å². The van der Waals surface area contributed by atoms with E-state index in [-0.39, 0.29) is 36.5 Å². The van der Waals surface area contributed by atoms with Crippen molar-refractivity contribution in [1.29, 1.82) is 0 Å². The van der Waals surface area contributed by atoms with Crippen molar-refractivity contribution in [2.45, 2.75) is 24.8 Å². The number of furan rings is 1. The molecule has 1 fully saturated rings. The number of hydrogen-bond donors (Lipinski definition) is 1. The Hall–Kier alpha value is -3.89. The van der Waals surface area contributed by atoms with E-state index in [1.807, 2.05) is 13.0 Å². The molecule has 10 heteroatoms. The van der Waals surface area contributed by atoms with Crippen molar-refractivity contribution in [2.75, 3.05) is 6.79 Å². The van der Waals surface area contributed by atoms with E-state index in [4.69, 9.17) is 19.0 Å². The molecule has 2 aliphatic rings. The van der Waals surface area contributed by atoms with Gasteiger partial charge in [0.1, 0.15) is 11.5 Å². The van der Waals surface area contributed by atoms with Crippen molar-refractivity contribution in [2.24, 2.45) is 5.14 Å². The highest BCUT2D eigenvalue weighted by Crippen LogP contribution is 2.36. The second-order valence-electron chi connectivity index (χ2n) is 8.03. The Bertz CT molecular complexity index is 1450. The molecule has 9 nitrogen and oxygen atoms in total. The maximum atomic E-state index is 12.9. The number of nitrogens with two attached hydrogens (primary N) is 1. The molecule has 0 aliphatic carbocycles. The SMILES string of the molecule is Cc1cc2c(cc1CN1C(=O)CC(=Cc3ccc(-c4ccc(S(N)(=O)=O)cc4)o3)C1=O)OCO2. The summed E-state index contributed by atoms with van der Waals surface area (Å²) in [6, 6.07) is 12.9. The number of aryl methyl sites for hydroxylation is 1. The number of primary sulfonamides is 1. The number of ether oxygens (including phenoxy) is 2. The van der Waals surface area contributed by atoms with E-state index < -0.39 is 10.0 Å². The van der Waals surface area contributed by atoms with Crippen LogP contribution in [0.5, 0.6) is 11.5 Å². The summed E-state index contributed by atoms with van der Waals surface area (Å²) in [6.07, 6.45) is 1.52. The lowest BCUT2D eigenvalue weighted by Crippen LogP contribution is -2.29. The van der Waals surface area contributed by atoms with Gasteiger partial charge in [0.15, 0.2) is 11.5 Å². The molecule has 1 saturated heterocycles. The number of amides is 2. The third kappa shape index (κ3) is 4.09. The third-order valence-electron chi connectivity index (χ3n) is 5.73. The van der Waals surface area contributed by atoms with Gasteiger partial charge in [-0.15, -0.1) is 0 Å². The van der Waals surface area contributed by atoms with Gasteiger partial charge in [-0.1, -0.05) is 0 Å². The Labute approximate surface area is 195 Å². The number of rotatable bonds is 5. The molecule has 1 aromatic heterocycles. The highest BCUT2D eigenvalue weighted by molar-refractivity contribution is 7.89. The molecule has 0 spiro atoms. The smallest absolute Gasteiger partial charge is 0.257 e. The molecule has 34 heavy (non-hydrogen) atoms. The summed E-state index contributed by atoms with van der Waals surface area (Å²) in [4.78, 5) is 26.8. The summed E-state index contributed by atoms with van der Waals surface area (Å²) in [5, 5.41) is 5.12. The Kier molecular flexibility index (Phi) is 5.26. The van der Waals surface area contributed by atoms with Crippen molar-refractivity contribution in [3.05, 3.63) is 71.0 Å². The van der Waals surface area contributed by atoms with Gasteiger partial charge < -0.3 is 13.9 Å². The fourth-order valence-corrected chi connectivity index (χ4v) is 4.40. The lowest BCUT2D eigenvalue weighted by molar-refractivity contribution is -0.138. The van der Waals surface area contributed by atoms with E-state index in [0.717, 1.165) is 11.1 Å². The molecular weight excluding hydrogens is 460 g/mol. The van der Waals surface area contributed by atoms with E-state index in [1.165, 1.54) is 17.0 Å². The number of carbonyl (C=O) groups excluding carboxylic acids is 2. The minimum Gasteiger partial charge on any atom is -0.457 e. The van der Waals surface area contributed by atoms with Crippen LogP contribution < -0.4 is 14.6 Å². The largest absolute Gasteiger partial charge is 0.457 e. The fraction of sp³-hybridized carbons (Fsp3) is 0.167. The molecule has 2 amide bonds. The number of carbonyl (C=O) groups is 2. The highest BCUT2D eigenvalue weighted by atomic mass is 32.2. The molecule has 2 aromatic carbocycles. The average Bonchev–Trinajstić information content (AvgIpc) is 3.50. The molecule has 3 aromatic rings. The topological polar surface area (TPSA) is 129 Å². The maximum absolute atomic E-state index is 12.9. The Morgan fingerprint density at radius 3 is 2.44 bits per heavy atom. The predicted octanol–water partition coefficient (Wildman–Crippen LogP) is 2.97. The van der Waals surface area contributed by atoms with Gasteiger partial charge in [0, 0.05) is 11.1 Å². The first-order valence-corrected chi connectivity index (χ1v) is 11.9. The molecule has 2 aliphatic heterocycles. The minimum absolute atomic E-state index is 0.00185. The van der Waals surface area contributed by atoms with Gasteiger partial charge in [-0.2, -0.15) is 0 Å². The van der Waals surface area contributed by atoms with Crippen LogP contribution in [0.2, 0.25) is 0 Å². The van der Waals surface area contributed by atoms with Gasteiger partial charge in [-0.05, 0) is 72.7 Å². The monoisotopic (exact) mass is 480 g/mol. The zero-order chi connectivity index (χ0) is 24.0. The van der Waals surface area contributed by atoms with E-state index in [2.05, 4.69) is 0 Å². The molecule has 0 bridgehead atoms. The van der Waals surface area contributed by atoms with Gasteiger partial charge in [0.25, 0.3) is 5.91 Å². The van der Waals surface area contributed by atoms with E-state index >= 15 is 0 Å². The molecular formula is C24H20N2O7S. The van der Waals surface area contributed by atoms with Crippen LogP contribution in [0.25, 0.3) is 17.4 Å². The number of hydrogen-bond acceptors (Lipinski definition) is 7. The Morgan fingerprint density at radius 1 is 1.03 bits per heavy atom. The van der Waals surface area contributed by atoms with E-state index in [0.29, 0.717) is 34.2 Å². The summed E-state index contributed by atoms with van der Waals surface area (Å²) < 4.78 is 39.4. The van der Waals surface area contributed by atoms with Crippen LogP contribution in [-0.4, -0.2) is 31.9 Å². The van der Waals surface area contributed by atoms with Crippen LogP contribution in [0.4, 0.5) is 0 Å². The van der Waals surface area contributed by atoms with Crippen molar-refractivity contribution in [3.8, 4) is 22.8 Å². The van der Waals surface area contributed by atoms with Crippen molar-refractivity contribution < 1.29 is 31.9 Å². The molecule has 0 saturated carbocycles. The number of imide groups is 1. The van der Waals surface area contributed by atoms with Crippen LogP contribution in [0.15, 0.2) is 63.4 Å². The number of nitrogens with zero attached hydrogens (tertiary/aromatic N) is 1. The first-order valence-electron chi connectivity index (χ1n) is 10.4. The first kappa shape index (κ1) is 21.9. The van der Waals surface area contributed by atoms with Crippen molar-refractivity contribution in [3.63, 3.8) is 0 Å². The van der Waals surface area contributed by atoms with Crippen LogP contribution in [0.3, 0.4) is 0 Å². The predicted molar refractivity (Wildman–Crippen MR) is 121 cm³/mol. The van der Waals surface area contributed by atoms with E-state index in [1.54, 1.807) is 36.4 Å². The van der Waals surface area contributed by atoms with Crippen molar-refractivity contribution >= 4 is 27.9 Å². The van der Waals surface area contributed by atoms with Crippen LogP contribution in [-0.2, 0) is 26.2 Å². The van der Waals surface area contributed by atoms with Crippen LogP contribution >= 0.6 is 0 Å². The lowest BCUT2D eigenvalue weighted by atomic mass is 10.1. The number of benzene rings is 2. The average molecular weight is 480 g/mol. The second-order valence-corrected chi connectivity index (χ2v) is 9.60. The minimum atomic E-state index is -3.78. The fourth-order valence-electron chi connectivity index (χ4n) is 3.89. The summed E-state index contributed by atoms with van der Waals surface area (Å²) in [5.41, 5.74) is 2.67. The second kappa shape index (κ2) is 8.15. The van der Waals surface area contributed by atoms with Gasteiger partial charge in [0.2, 0.25) is 22.7 Å². The first-order chi connectivity index (χ1) is 16.2. The molecule has 5 rings (SSSR count).